The number of carbonyl (C=O) groups excluding carboxylic acids is 5. The van der Waals surface area contributed by atoms with Gasteiger partial charge >= 0.3 is 17.9 Å². The number of ether oxygens (including phenoxy) is 11. The third-order valence-electron chi connectivity index (χ3n) is 23.3. The molecule has 0 atom stereocenters. The zero-order chi connectivity index (χ0) is 103. The van der Waals surface area contributed by atoms with Crippen LogP contribution in [0, 0.1) is 47.4 Å². The fraction of sp³-hybridized carbons (Fsp3) is 0.315. The summed E-state index contributed by atoms with van der Waals surface area (Å²) in [6.45, 7) is 13.3. The highest BCUT2D eigenvalue weighted by molar-refractivity contribution is 6.01. The van der Waals surface area contributed by atoms with E-state index in [1.165, 1.54) is 0 Å². The summed E-state index contributed by atoms with van der Waals surface area (Å²) in [6.07, 6.45) is 7.19. The van der Waals surface area contributed by atoms with Gasteiger partial charge in [-0.3, -0.25) is 19.2 Å². The average Bonchev–Trinajstić information content (AvgIpc) is 0.774. The molecule has 12 aromatic rings. The van der Waals surface area contributed by atoms with Gasteiger partial charge in [0, 0.05) is 74.5 Å². The predicted octanol–water partition coefficient (Wildman–Crippen LogP) is 23.3. The molecule has 0 radical (unpaired) electrons. The molecule has 0 saturated carbocycles. The Morgan fingerprint density at radius 3 is 0.705 bits per heavy atom. The lowest BCUT2D eigenvalue weighted by Gasteiger charge is -2.31. The molecule has 22 nitrogen and oxygen atoms in total. The molecular formula is C124H139NO21. The second-order valence-electron chi connectivity index (χ2n) is 35.4. The molecular weight excluding hydrogens is 1840 g/mol. The van der Waals surface area contributed by atoms with Crippen molar-refractivity contribution in [3.05, 3.63) is 374 Å². The first-order valence-electron chi connectivity index (χ1n) is 47.2. The molecule has 0 unspecified atom stereocenters. The van der Waals surface area contributed by atoms with Crippen molar-refractivity contribution in [3.63, 3.8) is 0 Å². The van der Waals surface area contributed by atoms with Crippen LogP contribution in [0.25, 0.3) is 0 Å². The highest BCUT2D eigenvalue weighted by Gasteiger charge is 2.40. The minimum absolute atomic E-state index is 0. The van der Waals surface area contributed by atoms with E-state index in [-0.39, 0.29) is 53.5 Å². The van der Waals surface area contributed by atoms with Gasteiger partial charge in [-0.1, -0.05) is 223 Å². The Morgan fingerprint density at radius 1 is 0.281 bits per heavy atom. The standard InChI is InChI=1S/C32H36O6.C31H29NO7.C31H34O5.C27H28O3.3CH4/c1-31(2,3)38-30(33)11-9-7-8-10-23-22-26(16-21-29(23)37-6)32(34,24-12-17-27(35-4)18-13-24)25-14-19-28(36-5)20-15-25;1-37-26-16-12-24(13-17-26)31(36,25-14-18-27(38-2)19-15-25)23-10-8-22(9-11-23)6-4-3-5-7-30(35)39-32-28(33)20-21-29(32)34;1-30(2,3)36-29(32)10-8-6-7-9-23-11-13-24(14-12-23)31(33,25-15-19-27(34-4)20-16-25)26-17-21-28(35-5)22-18-26;1-4-5-6-7-8-21-9-11-22(12-10-21)27(28,23-13-17-25(29-2)18-14-23)24-15-19-26(30-3)20-16-24;;;/h12-22,34H,7,9,11H2,1-6H3;8-19,36H,3,5,7,20-21H2,1-2H3;11-22,33H,6,8,10H2,1-5H3;9-20,28H,4-6H2,1-3H3;3*1H4. The Hall–Kier alpha value is -15.5. The van der Waals surface area contributed by atoms with Gasteiger partial charge in [-0.05, 0) is 280 Å². The zero-order valence-corrected chi connectivity index (χ0v) is 84.2. The van der Waals surface area contributed by atoms with Gasteiger partial charge < -0.3 is 77.4 Å². The van der Waals surface area contributed by atoms with Crippen LogP contribution < -0.4 is 42.6 Å². The summed E-state index contributed by atoms with van der Waals surface area (Å²) in [4.78, 5) is 63.6. The number of hydrogen-bond donors (Lipinski definition) is 4. The maximum Gasteiger partial charge on any atom is 0.333 e. The number of rotatable bonds is 33. The molecule has 1 saturated heterocycles. The second kappa shape index (κ2) is 56.5. The second-order valence-corrected chi connectivity index (χ2v) is 35.4. The molecule has 22 heteroatoms. The summed E-state index contributed by atoms with van der Waals surface area (Å²) in [5.41, 5.74) is 5.05. The van der Waals surface area contributed by atoms with E-state index in [4.69, 9.17) is 56.9 Å². The molecule has 0 spiro atoms. The van der Waals surface area contributed by atoms with Gasteiger partial charge in [-0.2, -0.15) is 0 Å². The molecule has 1 fully saturated rings. The van der Waals surface area contributed by atoms with E-state index in [9.17, 15) is 44.4 Å². The first-order valence-corrected chi connectivity index (χ1v) is 47.2. The van der Waals surface area contributed by atoms with Crippen molar-refractivity contribution in [2.24, 2.45) is 0 Å². The van der Waals surface area contributed by atoms with Crippen LogP contribution in [0.4, 0.5) is 0 Å². The van der Waals surface area contributed by atoms with Gasteiger partial charge in [0.05, 0.1) is 69.6 Å². The van der Waals surface area contributed by atoms with Crippen LogP contribution in [0.3, 0.4) is 0 Å². The molecule has 2 amide bonds. The molecule has 0 aromatic heterocycles. The molecule has 12 aromatic carbocycles. The van der Waals surface area contributed by atoms with E-state index in [0.29, 0.717) is 141 Å². The van der Waals surface area contributed by atoms with Crippen LogP contribution in [0.5, 0.6) is 51.7 Å². The SMILES string of the molecule is C.C.C.CCCCC#Cc1ccc(C(O)(c2ccc(OC)cc2)c2ccc(OC)cc2)cc1.COc1ccc(C(O)(c2ccc(C#CCCCC(=O)OC(C)(C)C)cc2)c2ccc(OC)cc2)cc1.COc1ccc(C(O)(c2ccc(C#CCCCC(=O)ON3C(=O)CCC3=O)cc2)c2ccc(OC)cc2)cc1.COc1ccc(C(O)(c2ccc(OC)cc2)c2ccc(OC)c(C#CCCCC(=O)OC(C)(C)C)c2)cc1. The molecule has 0 bridgehead atoms. The van der Waals surface area contributed by atoms with Gasteiger partial charge in [0.1, 0.15) is 85.4 Å². The molecule has 146 heavy (non-hydrogen) atoms. The van der Waals surface area contributed by atoms with Crippen LogP contribution in [0.2, 0.25) is 0 Å². The van der Waals surface area contributed by atoms with Crippen molar-refractivity contribution >= 4 is 29.7 Å². The minimum Gasteiger partial charge on any atom is -0.497 e. The number of hydrogen-bond acceptors (Lipinski definition) is 21. The van der Waals surface area contributed by atoms with Crippen molar-refractivity contribution < 1.29 is 101 Å². The lowest BCUT2D eigenvalue weighted by Crippen LogP contribution is -2.31. The third kappa shape index (κ3) is 32.2. The molecule has 0 aliphatic carbocycles. The highest BCUT2D eigenvalue weighted by Crippen LogP contribution is 2.44. The van der Waals surface area contributed by atoms with Crippen molar-refractivity contribution in [3.8, 4) is 99.1 Å². The lowest BCUT2D eigenvalue weighted by molar-refractivity contribution is -0.197. The number of aliphatic hydroxyl groups is 4. The Bertz CT molecular complexity index is 6210. The van der Waals surface area contributed by atoms with E-state index in [1.54, 1.807) is 94.3 Å². The summed E-state index contributed by atoms with van der Waals surface area (Å²) in [7, 11) is 14.5. The summed E-state index contributed by atoms with van der Waals surface area (Å²) in [5.74, 6) is 29.2. The summed E-state index contributed by atoms with van der Waals surface area (Å²) >= 11 is 0. The van der Waals surface area contributed by atoms with E-state index >= 15 is 0 Å². The van der Waals surface area contributed by atoms with Gasteiger partial charge in [0.25, 0.3) is 11.8 Å². The number of methoxy groups -OCH3 is 9. The summed E-state index contributed by atoms with van der Waals surface area (Å²) in [5, 5.41) is 48.9. The largest absolute Gasteiger partial charge is 0.497 e. The number of carbonyl (C=O) groups is 5. The van der Waals surface area contributed by atoms with Crippen molar-refractivity contribution in [2.75, 3.05) is 64.0 Å². The van der Waals surface area contributed by atoms with Crippen LogP contribution >= 0.6 is 0 Å². The number of amides is 2. The zero-order valence-electron chi connectivity index (χ0n) is 84.2. The summed E-state index contributed by atoms with van der Waals surface area (Å²) in [6, 6.07) is 87.2. The minimum atomic E-state index is -1.47. The number of unbranched alkanes of at least 4 members (excludes halogenated alkanes) is 5. The fourth-order valence-corrected chi connectivity index (χ4v) is 15.5. The topological polar surface area (TPSA) is 280 Å². The lowest BCUT2D eigenvalue weighted by atomic mass is 9.80. The van der Waals surface area contributed by atoms with E-state index in [0.717, 1.165) is 75.3 Å². The third-order valence-corrected chi connectivity index (χ3v) is 23.3. The van der Waals surface area contributed by atoms with Crippen LogP contribution in [-0.2, 0) is 60.7 Å². The van der Waals surface area contributed by atoms with Crippen LogP contribution in [-0.4, -0.2) is 130 Å². The van der Waals surface area contributed by atoms with Crippen molar-refractivity contribution in [1.82, 2.24) is 5.06 Å². The first kappa shape index (κ1) is 117. The van der Waals surface area contributed by atoms with Gasteiger partial charge in [0.2, 0.25) is 0 Å². The molecule has 1 aliphatic rings. The summed E-state index contributed by atoms with van der Waals surface area (Å²) < 4.78 is 58.5. The molecule has 4 N–H and O–H groups in total. The van der Waals surface area contributed by atoms with E-state index in [1.807, 2.05) is 296 Å². The smallest absolute Gasteiger partial charge is 0.333 e. The normalized spacial score (nSPS) is 11.4. The highest BCUT2D eigenvalue weighted by atomic mass is 16.7. The number of esters is 2. The van der Waals surface area contributed by atoms with Crippen molar-refractivity contribution in [1.29, 1.82) is 0 Å². The maximum atomic E-state index is 12.3. The molecule has 766 valence electrons. The number of hydroxylamine groups is 2. The van der Waals surface area contributed by atoms with E-state index < -0.39 is 51.4 Å². The Kier molecular flexibility index (Phi) is 45.4. The van der Waals surface area contributed by atoms with Crippen LogP contribution in [0.15, 0.2) is 285 Å². The number of benzene rings is 12. The van der Waals surface area contributed by atoms with Gasteiger partial charge in [-0.25, -0.2) is 4.79 Å². The molecule has 1 heterocycles. The predicted molar refractivity (Wildman–Crippen MR) is 572 cm³/mol. The Labute approximate surface area is 862 Å². The van der Waals surface area contributed by atoms with Crippen molar-refractivity contribution in [2.45, 2.75) is 194 Å². The number of imide groups is 1. The fourth-order valence-electron chi connectivity index (χ4n) is 15.5. The van der Waals surface area contributed by atoms with E-state index in [2.05, 4.69) is 54.3 Å². The van der Waals surface area contributed by atoms with Gasteiger partial charge in [-0.15, -0.1) is 5.06 Å². The van der Waals surface area contributed by atoms with Gasteiger partial charge in [0.15, 0.2) is 0 Å². The monoisotopic (exact) mass is 1980 g/mol. The molecule has 13 rings (SSSR count). The molecule has 1 aliphatic heterocycles. The quantitative estimate of drug-likeness (QED) is 0.00977. The first-order chi connectivity index (χ1) is 68.7. The Balaban J connectivity index is 0.000000263. The maximum absolute atomic E-state index is 12.3. The average molecular weight is 1980 g/mol. The van der Waals surface area contributed by atoms with Crippen LogP contribution in [0.1, 0.15) is 250 Å². The Morgan fingerprint density at radius 2 is 0.486 bits per heavy atom. The number of nitrogens with zero attached hydrogens (tertiary/aromatic N) is 1.